The van der Waals surface area contributed by atoms with Crippen LogP contribution in [0.25, 0.3) is 0 Å². The molecule has 0 bridgehead atoms. The van der Waals surface area contributed by atoms with Crippen molar-refractivity contribution in [2.75, 3.05) is 0 Å². The smallest absolute Gasteiger partial charge is 0.115 e. The van der Waals surface area contributed by atoms with Gasteiger partial charge >= 0.3 is 0 Å². The fourth-order valence-corrected chi connectivity index (χ4v) is 4.09. The van der Waals surface area contributed by atoms with Crippen molar-refractivity contribution in [2.24, 2.45) is 0 Å². The largest absolute Gasteiger partial charge is 0.383 e. The highest BCUT2D eigenvalue weighted by Gasteiger charge is 2.15. The monoisotopic (exact) mass is 352 g/mol. The van der Waals surface area contributed by atoms with Crippen molar-refractivity contribution < 1.29 is 5.11 Å². The number of hydrogen-bond donors (Lipinski definition) is 1. The van der Waals surface area contributed by atoms with Gasteiger partial charge in [-0.25, -0.2) is 0 Å². The summed E-state index contributed by atoms with van der Waals surface area (Å²) in [6.45, 7) is 0. The van der Waals surface area contributed by atoms with Crippen LogP contribution >= 0.6 is 54.5 Å². The Labute approximate surface area is 107 Å². The van der Waals surface area contributed by atoms with E-state index >= 15 is 0 Å². The highest BCUT2D eigenvalue weighted by atomic mass is 79.9. The molecule has 2 rings (SSSR count). The van der Waals surface area contributed by atoms with E-state index < -0.39 is 6.10 Å². The molecular formula is C9H6Br2OS2. The van der Waals surface area contributed by atoms with Gasteiger partial charge in [-0.15, -0.1) is 11.3 Å². The first-order chi connectivity index (χ1) is 6.68. The van der Waals surface area contributed by atoms with Gasteiger partial charge in [-0.1, -0.05) is 0 Å². The summed E-state index contributed by atoms with van der Waals surface area (Å²) in [7, 11) is 0. The molecule has 1 N–H and O–H groups in total. The Hall–Kier alpha value is 0.320. The minimum Gasteiger partial charge on any atom is -0.383 e. The van der Waals surface area contributed by atoms with E-state index in [-0.39, 0.29) is 0 Å². The van der Waals surface area contributed by atoms with Gasteiger partial charge in [0.1, 0.15) is 6.10 Å². The van der Waals surface area contributed by atoms with Crippen LogP contribution in [0.4, 0.5) is 0 Å². The SMILES string of the molecule is OC(c1cc(Br)cs1)c1cscc1Br. The highest BCUT2D eigenvalue weighted by molar-refractivity contribution is 9.10. The highest BCUT2D eigenvalue weighted by Crippen LogP contribution is 2.35. The van der Waals surface area contributed by atoms with E-state index in [4.69, 9.17) is 0 Å². The summed E-state index contributed by atoms with van der Waals surface area (Å²) < 4.78 is 1.99. The number of rotatable bonds is 2. The Kier molecular flexibility index (Phi) is 3.44. The van der Waals surface area contributed by atoms with Gasteiger partial charge < -0.3 is 5.11 Å². The molecule has 0 aromatic carbocycles. The van der Waals surface area contributed by atoms with Gasteiger partial charge in [0, 0.05) is 30.1 Å². The molecule has 0 spiro atoms. The molecule has 0 radical (unpaired) electrons. The molecule has 0 fully saturated rings. The predicted molar refractivity (Wildman–Crippen MR) is 68.1 cm³/mol. The molecule has 2 aromatic heterocycles. The molecule has 2 heterocycles. The maximum Gasteiger partial charge on any atom is 0.115 e. The van der Waals surface area contributed by atoms with Crippen LogP contribution in [0.2, 0.25) is 0 Å². The number of hydrogen-bond acceptors (Lipinski definition) is 3. The second-order valence-electron chi connectivity index (χ2n) is 2.74. The van der Waals surface area contributed by atoms with Gasteiger partial charge in [-0.3, -0.25) is 0 Å². The minimum atomic E-state index is -0.521. The van der Waals surface area contributed by atoms with Crippen LogP contribution in [-0.2, 0) is 0 Å². The summed E-state index contributed by atoms with van der Waals surface area (Å²) in [5, 5.41) is 15.9. The third-order valence-electron chi connectivity index (χ3n) is 1.79. The number of aliphatic hydroxyl groups is 1. The van der Waals surface area contributed by atoms with Crippen molar-refractivity contribution in [2.45, 2.75) is 6.10 Å². The van der Waals surface area contributed by atoms with Crippen molar-refractivity contribution in [3.8, 4) is 0 Å². The third kappa shape index (κ3) is 2.12. The molecule has 0 saturated carbocycles. The van der Waals surface area contributed by atoms with Crippen LogP contribution in [-0.4, -0.2) is 5.11 Å². The molecule has 0 saturated heterocycles. The van der Waals surface area contributed by atoms with Crippen LogP contribution < -0.4 is 0 Å². The zero-order chi connectivity index (χ0) is 10.1. The van der Waals surface area contributed by atoms with Crippen LogP contribution in [0.3, 0.4) is 0 Å². The maximum atomic E-state index is 10.0. The predicted octanol–water partition coefficient (Wildman–Crippen LogP) is 4.42. The van der Waals surface area contributed by atoms with Crippen molar-refractivity contribution in [3.05, 3.63) is 41.6 Å². The molecule has 14 heavy (non-hydrogen) atoms. The van der Waals surface area contributed by atoms with E-state index in [2.05, 4.69) is 31.9 Å². The fraction of sp³-hybridized carbons (Fsp3) is 0.111. The average molecular weight is 354 g/mol. The fourth-order valence-electron chi connectivity index (χ4n) is 1.11. The van der Waals surface area contributed by atoms with E-state index in [1.165, 1.54) is 0 Å². The summed E-state index contributed by atoms with van der Waals surface area (Å²) >= 11 is 9.92. The number of thiophene rings is 2. The number of aliphatic hydroxyl groups excluding tert-OH is 1. The standard InChI is InChI=1S/C9H6Br2OS2/c10-5-1-8(14-2-5)9(12)6-3-13-4-7(6)11/h1-4,9,12H. The molecule has 0 amide bonds. The first-order valence-corrected chi connectivity index (χ1v) is 7.23. The minimum absolute atomic E-state index is 0.521. The molecule has 0 aliphatic carbocycles. The van der Waals surface area contributed by atoms with E-state index in [0.717, 1.165) is 19.4 Å². The Morgan fingerprint density at radius 2 is 2.00 bits per heavy atom. The van der Waals surface area contributed by atoms with Gasteiger partial charge in [-0.2, -0.15) is 11.3 Å². The summed E-state index contributed by atoms with van der Waals surface area (Å²) in [4.78, 5) is 0.955. The molecule has 0 aliphatic rings. The first-order valence-electron chi connectivity index (χ1n) is 3.82. The molecule has 1 nitrogen and oxygen atoms in total. The molecule has 0 aliphatic heterocycles. The van der Waals surface area contributed by atoms with Crippen LogP contribution in [0.1, 0.15) is 16.5 Å². The van der Waals surface area contributed by atoms with E-state index in [9.17, 15) is 5.11 Å². The van der Waals surface area contributed by atoms with E-state index in [1.807, 2.05) is 22.2 Å². The van der Waals surface area contributed by atoms with E-state index in [0.29, 0.717) is 0 Å². The maximum absolute atomic E-state index is 10.0. The summed E-state index contributed by atoms with van der Waals surface area (Å²) in [5.41, 5.74) is 0.935. The quantitative estimate of drug-likeness (QED) is 0.847. The Morgan fingerprint density at radius 1 is 1.21 bits per heavy atom. The summed E-state index contributed by atoms with van der Waals surface area (Å²) in [6, 6.07) is 1.94. The Balaban J connectivity index is 2.33. The van der Waals surface area contributed by atoms with Crippen LogP contribution in [0.5, 0.6) is 0 Å². The zero-order valence-corrected chi connectivity index (χ0v) is 11.7. The Bertz CT molecular complexity index is 435. The second kappa shape index (κ2) is 4.45. The van der Waals surface area contributed by atoms with E-state index in [1.54, 1.807) is 22.7 Å². The lowest BCUT2D eigenvalue weighted by molar-refractivity contribution is 0.224. The molecule has 5 heteroatoms. The van der Waals surface area contributed by atoms with Gasteiger partial charge in [0.15, 0.2) is 0 Å². The molecular weight excluding hydrogens is 348 g/mol. The van der Waals surface area contributed by atoms with Crippen molar-refractivity contribution in [1.82, 2.24) is 0 Å². The molecule has 2 aromatic rings. The second-order valence-corrected chi connectivity index (χ2v) is 6.20. The van der Waals surface area contributed by atoms with Crippen molar-refractivity contribution in [1.29, 1.82) is 0 Å². The van der Waals surface area contributed by atoms with Crippen molar-refractivity contribution >= 4 is 54.5 Å². The van der Waals surface area contributed by atoms with Gasteiger partial charge in [-0.05, 0) is 43.3 Å². The molecule has 74 valence electrons. The number of halogens is 2. The topological polar surface area (TPSA) is 20.2 Å². The lowest BCUT2D eigenvalue weighted by Crippen LogP contribution is -1.95. The van der Waals surface area contributed by atoms with Crippen LogP contribution in [0, 0.1) is 0 Å². The zero-order valence-electron chi connectivity index (χ0n) is 6.91. The van der Waals surface area contributed by atoms with Gasteiger partial charge in [0.2, 0.25) is 0 Å². The van der Waals surface area contributed by atoms with Gasteiger partial charge in [0.05, 0.1) is 0 Å². The third-order valence-corrected chi connectivity index (χ3v) is 5.29. The molecule has 1 unspecified atom stereocenters. The summed E-state index contributed by atoms with van der Waals surface area (Å²) in [5.74, 6) is 0. The summed E-state index contributed by atoms with van der Waals surface area (Å²) in [6.07, 6.45) is -0.521. The van der Waals surface area contributed by atoms with Crippen LogP contribution in [0.15, 0.2) is 31.2 Å². The lowest BCUT2D eigenvalue weighted by Gasteiger charge is -2.06. The Morgan fingerprint density at radius 3 is 2.50 bits per heavy atom. The first kappa shape index (κ1) is 10.8. The lowest BCUT2D eigenvalue weighted by atomic mass is 10.2. The molecule has 1 atom stereocenters. The van der Waals surface area contributed by atoms with Crippen molar-refractivity contribution in [3.63, 3.8) is 0 Å². The normalized spacial score (nSPS) is 13.1. The van der Waals surface area contributed by atoms with Gasteiger partial charge in [0.25, 0.3) is 0 Å². The average Bonchev–Trinajstić information content (AvgIpc) is 2.73.